The number of Topliss-reactive ketones (excluding diaryl/α,β-unsaturated/α-hetero) is 1. The van der Waals surface area contributed by atoms with Gasteiger partial charge in [-0.25, -0.2) is 0 Å². The van der Waals surface area contributed by atoms with Crippen LogP contribution < -0.4 is 0 Å². The zero-order valence-electron chi connectivity index (χ0n) is 10.6. The minimum atomic E-state index is -0.297. The van der Waals surface area contributed by atoms with Gasteiger partial charge in [0.2, 0.25) is 0 Å². The maximum atomic E-state index is 11.5. The molecule has 0 aromatic heterocycles. The van der Waals surface area contributed by atoms with Gasteiger partial charge in [0, 0.05) is 13.5 Å². The van der Waals surface area contributed by atoms with Crippen molar-refractivity contribution in [2.24, 2.45) is 0 Å². The van der Waals surface area contributed by atoms with Gasteiger partial charge in [-0.3, -0.25) is 9.59 Å². The molecule has 0 saturated heterocycles. The molecule has 0 amide bonds. The topological polar surface area (TPSA) is 52.6 Å². The lowest BCUT2D eigenvalue weighted by Gasteiger charge is -2.17. The van der Waals surface area contributed by atoms with Gasteiger partial charge >= 0.3 is 5.97 Å². The SMILES string of the molecule is CCC[C@H](CC(C)=O)OC(=O)C[C@H](C)OC. The molecule has 0 radical (unpaired) electrons. The van der Waals surface area contributed by atoms with Crippen molar-refractivity contribution < 1.29 is 19.1 Å². The van der Waals surface area contributed by atoms with E-state index < -0.39 is 0 Å². The van der Waals surface area contributed by atoms with Crippen molar-refractivity contribution in [1.82, 2.24) is 0 Å². The molecule has 0 unspecified atom stereocenters. The van der Waals surface area contributed by atoms with Gasteiger partial charge in [-0.1, -0.05) is 13.3 Å². The summed E-state index contributed by atoms with van der Waals surface area (Å²) in [7, 11) is 1.55. The van der Waals surface area contributed by atoms with E-state index in [1.54, 1.807) is 14.0 Å². The van der Waals surface area contributed by atoms with Crippen molar-refractivity contribution >= 4 is 11.8 Å². The average molecular weight is 230 g/mol. The molecule has 4 heteroatoms. The Morgan fingerprint density at radius 2 is 1.88 bits per heavy atom. The number of carbonyl (C=O) groups is 2. The van der Waals surface area contributed by atoms with Crippen LogP contribution in [-0.2, 0) is 19.1 Å². The van der Waals surface area contributed by atoms with Crippen molar-refractivity contribution in [3.8, 4) is 0 Å². The first-order chi connectivity index (χ1) is 7.49. The van der Waals surface area contributed by atoms with E-state index in [0.717, 1.165) is 12.8 Å². The van der Waals surface area contributed by atoms with Crippen LogP contribution in [0.15, 0.2) is 0 Å². The normalized spacial score (nSPS) is 14.2. The number of hydrogen-bond acceptors (Lipinski definition) is 4. The third-order valence-corrected chi connectivity index (χ3v) is 2.28. The number of methoxy groups -OCH3 is 1. The zero-order valence-corrected chi connectivity index (χ0v) is 10.6. The van der Waals surface area contributed by atoms with Gasteiger partial charge in [0.1, 0.15) is 11.9 Å². The maximum Gasteiger partial charge on any atom is 0.308 e. The largest absolute Gasteiger partial charge is 0.462 e. The number of ketones is 1. The van der Waals surface area contributed by atoms with Gasteiger partial charge in [0.05, 0.1) is 12.5 Å². The summed E-state index contributed by atoms with van der Waals surface area (Å²) >= 11 is 0. The Bertz CT molecular complexity index is 225. The Morgan fingerprint density at radius 1 is 1.25 bits per heavy atom. The quantitative estimate of drug-likeness (QED) is 0.599. The van der Waals surface area contributed by atoms with Crippen LogP contribution in [0.2, 0.25) is 0 Å². The predicted molar refractivity (Wildman–Crippen MR) is 61.2 cm³/mol. The van der Waals surface area contributed by atoms with Crippen LogP contribution in [0.4, 0.5) is 0 Å². The van der Waals surface area contributed by atoms with E-state index in [1.807, 2.05) is 6.92 Å². The lowest BCUT2D eigenvalue weighted by atomic mass is 10.1. The molecular formula is C12H22O4. The van der Waals surface area contributed by atoms with Crippen molar-refractivity contribution in [2.75, 3.05) is 7.11 Å². The number of hydrogen-bond donors (Lipinski definition) is 0. The van der Waals surface area contributed by atoms with Crippen LogP contribution >= 0.6 is 0 Å². The fourth-order valence-corrected chi connectivity index (χ4v) is 1.40. The Kier molecular flexibility index (Phi) is 7.81. The zero-order chi connectivity index (χ0) is 12.6. The minimum absolute atomic E-state index is 0.0473. The Hall–Kier alpha value is -0.900. The van der Waals surface area contributed by atoms with Crippen LogP contribution in [0.1, 0.15) is 46.5 Å². The number of ether oxygens (including phenoxy) is 2. The van der Waals surface area contributed by atoms with E-state index in [2.05, 4.69) is 0 Å². The molecule has 0 aromatic carbocycles. The maximum absolute atomic E-state index is 11.5. The van der Waals surface area contributed by atoms with Gasteiger partial charge in [-0.15, -0.1) is 0 Å². The Labute approximate surface area is 97.3 Å². The Morgan fingerprint density at radius 3 is 2.31 bits per heavy atom. The van der Waals surface area contributed by atoms with Gasteiger partial charge < -0.3 is 9.47 Å². The summed E-state index contributed by atoms with van der Waals surface area (Å²) in [6, 6.07) is 0. The molecule has 0 spiro atoms. The number of esters is 1. The number of carbonyl (C=O) groups excluding carboxylic acids is 2. The van der Waals surface area contributed by atoms with Crippen molar-refractivity contribution in [3.05, 3.63) is 0 Å². The highest BCUT2D eigenvalue weighted by molar-refractivity contribution is 5.77. The highest BCUT2D eigenvalue weighted by Gasteiger charge is 2.17. The van der Waals surface area contributed by atoms with Gasteiger partial charge in [0.15, 0.2) is 0 Å². The molecule has 0 heterocycles. The van der Waals surface area contributed by atoms with E-state index in [1.165, 1.54) is 6.92 Å². The second-order valence-electron chi connectivity index (χ2n) is 4.06. The molecule has 0 aliphatic heterocycles. The third-order valence-electron chi connectivity index (χ3n) is 2.28. The van der Waals surface area contributed by atoms with Gasteiger partial charge in [-0.05, 0) is 20.3 Å². The monoisotopic (exact) mass is 230 g/mol. The second kappa shape index (κ2) is 8.28. The molecule has 2 atom stereocenters. The lowest BCUT2D eigenvalue weighted by molar-refractivity contribution is -0.152. The fraction of sp³-hybridized carbons (Fsp3) is 0.833. The van der Waals surface area contributed by atoms with Gasteiger partial charge in [-0.2, -0.15) is 0 Å². The third kappa shape index (κ3) is 7.40. The lowest BCUT2D eigenvalue weighted by Crippen LogP contribution is -2.23. The summed E-state index contributed by atoms with van der Waals surface area (Å²) in [6.45, 7) is 5.31. The fourth-order valence-electron chi connectivity index (χ4n) is 1.40. The molecule has 0 bridgehead atoms. The van der Waals surface area contributed by atoms with Crippen LogP contribution in [0.5, 0.6) is 0 Å². The van der Waals surface area contributed by atoms with Crippen molar-refractivity contribution in [2.45, 2.75) is 58.7 Å². The van der Waals surface area contributed by atoms with E-state index in [9.17, 15) is 9.59 Å². The molecule has 0 fully saturated rings. The van der Waals surface area contributed by atoms with E-state index in [0.29, 0.717) is 6.42 Å². The van der Waals surface area contributed by atoms with Gasteiger partial charge in [0.25, 0.3) is 0 Å². The van der Waals surface area contributed by atoms with Crippen molar-refractivity contribution in [3.63, 3.8) is 0 Å². The molecule has 4 nitrogen and oxygen atoms in total. The van der Waals surface area contributed by atoms with Crippen molar-refractivity contribution in [1.29, 1.82) is 0 Å². The highest BCUT2D eigenvalue weighted by Crippen LogP contribution is 2.10. The standard InChI is InChI=1S/C12H22O4/c1-5-6-11(7-9(2)13)16-12(14)8-10(3)15-4/h10-11H,5-8H2,1-4H3/t10-,11+/m0/s1. The first kappa shape index (κ1) is 15.1. The van der Waals surface area contributed by atoms with E-state index in [-0.39, 0.29) is 30.4 Å². The van der Waals surface area contributed by atoms with E-state index >= 15 is 0 Å². The molecule has 94 valence electrons. The van der Waals surface area contributed by atoms with Crippen LogP contribution in [-0.4, -0.2) is 31.1 Å². The first-order valence-corrected chi connectivity index (χ1v) is 5.71. The first-order valence-electron chi connectivity index (χ1n) is 5.71. The molecular weight excluding hydrogens is 208 g/mol. The summed E-state index contributed by atoms with van der Waals surface area (Å²) in [5.41, 5.74) is 0. The summed E-state index contributed by atoms with van der Waals surface area (Å²) < 4.78 is 10.2. The highest BCUT2D eigenvalue weighted by atomic mass is 16.5. The summed E-state index contributed by atoms with van der Waals surface area (Å²) in [4.78, 5) is 22.4. The van der Waals surface area contributed by atoms with Crippen LogP contribution in [0.25, 0.3) is 0 Å². The number of rotatable bonds is 8. The molecule has 0 saturated carbocycles. The minimum Gasteiger partial charge on any atom is -0.462 e. The molecule has 0 rings (SSSR count). The molecule has 16 heavy (non-hydrogen) atoms. The smallest absolute Gasteiger partial charge is 0.308 e. The predicted octanol–water partition coefficient (Wildman–Crippen LogP) is 2.10. The summed E-state index contributed by atoms with van der Waals surface area (Å²) in [5.74, 6) is -0.250. The molecule has 0 N–H and O–H groups in total. The van der Waals surface area contributed by atoms with Crippen LogP contribution in [0.3, 0.4) is 0 Å². The van der Waals surface area contributed by atoms with Crippen LogP contribution in [0, 0.1) is 0 Å². The molecule has 0 aliphatic carbocycles. The summed E-state index contributed by atoms with van der Waals surface area (Å²) in [6.07, 6.45) is 1.74. The summed E-state index contributed by atoms with van der Waals surface area (Å²) in [5, 5.41) is 0. The average Bonchev–Trinajstić information content (AvgIpc) is 2.16. The molecule has 0 aliphatic rings. The Balaban J connectivity index is 4.06. The second-order valence-corrected chi connectivity index (χ2v) is 4.06. The molecule has 0 aromatic rings. The van der Waals surface area contributed by atoms with E-state index in [4.69, 9.17) is 9.47 Å².